The maximum absolute atomic E-state index is 11.9. The number of aliphatic hydroxyl groups excluding tert-OH is 1. The maximum Gasteiger partial charge on any atom is 0.401 e. The molecular formula is C7H12F3NO2. The first-order valence-electron chi connectivity index (χ1n) is 3.97. The van der Waals surface area contributed by atoms with Crippen LogP contribution in [0.25, 0.3) is 0 Å². The van der Waals surface area contributed by atoms with E-state index in [1.165, 1.54) is 0 Å². The van der Waals surface area contributed by atoms with Gasteiger partial charge in [0, 0.05) is 13.1 Å². The van der Waals surface area contributed by atoms with Crippen LogP contribution in [0.5, 0.6) is 0 Å². The Morgan fingerprint density at radius 1 is 1.38 bits per heavy atom. The fourth-order valence-electron chi connectivity index (χ4n) is 1.46. The molecule has 1 unspecified atom stereocenters. The minimum absolute atomic E-state index is 0.108. The van der Waals surface area contributed by atoms with Gasteiger partial charge in [-0.1, -0.05) is 0 Å². The van der Waals surface area contributed by atoms with Crippen molar-refractivity contribution in [2.24, 2.45) is 0 Å². The van der Waals surface area contributed by atoms with Crippen molar-refractivity contribution in [3.05, 3.63) is 0 Å². The first-order valence-corrected chi connectivity index (χ1v) is 3.97. The summed E-state index contributed by atoms with van der Waals surface area (Å²) in [6.07, 6.45) is -4.04. The van der Waals surface area contributed by atoms with Gasteiger partial charge in [-0.05, 0) is 6.42 Å². The van der Waals surface area contributed by atoms with Crippen LogP contribution in [-0.2, 0) is 0 Å². The zero-order valence-corrected chi connectivity index (χ0v) is 7.01. The lowest BCUT2D eigenvalue weighted by Gasteiger charge is -2.21. The standard InChI is InChI=1S/C7H12F3NO2/c8-7(9,10)4-11-2-1-6(13,3-11)5-12/h12-13H,1-5H2. The van der Waals surface area contributed by atoms with E-state index in [0.717, 1.165) is 4.90 Å². The molecule has 0 amide bonds. The fraction of sp³-hybridized carbons (Fsp3) is 1.00. The van der Waals surface area contributed by atoms with Crippen LogP contribution in [-0.4, -0.2) is 53.1 Å². The van der Waals surface area contributed by atoms with Gasteiger partial charge in [-0.3, -0.25) is 4.90 Å². The molecule has 0 aliphatic carbocycles. The predicted octanol–water partition coefficient (Wildman–Crippen LogP) is -0.0222. The van der Waals surface area contributed by atoms with Gasteiger partial charge < -0.3 is 10.2 Å². The first kappa shape index (κ1) is 10.7. The minimum Gasteiger partial charge on any atom is -0.393 e. The molecule has 0 aromatic rings. The van der Waals surface area contributed by atoms with Crippen molar-refractivity contribution in [3.8, 4) is 0 Å². The molecule has 1 rings (SSSR count). The van der Waals surface area contributed by atoms with E-state index in [1.54, 1.807) is 0 Å². The van der Waals surface area contributed by atoms with Crippen molar-refractivity contribution in [2.45, 2.75) is 18.2 Å². The number of hydrogen-bond donors (Lipinski definition) is 2. The lowest BCUT2D eigenvalue weighted by atomic mass is 10.1. The Kier molecular flexibility index (Phi) is 2.84. The van der Waals surface area contributed by atoms with Gasteiger partial charge in [0.05, 0.1) is 13.2 Å². The van der Waals surface area contributed by atoms with Crippen LogP contribution in [0, 0.1) is 0 Å². The zero-order chi connectivity index (χ0) is 10.1. The van der Waals surface area contributed by atoms with Gasteiger partial charge in [0.15, 0.2) is 0 Å². The van der Waals surface area contributed by atoms with Crippen molar-refractivity contribution in [1.82, 2.24) is 4.90 Å². The van der Waals surface area contributed by atoms with Crippen molar-refractivity contribution in [2.75, 3.05) is 26.2 Å². The number of likely N-dealkylation sites (tertiary alicyclic amines) is 1. The van der Waals surface area contributed by atoms with E-state index in [0.29, 0.717) is 0 Å². The van der Waals surface area contributed by atoms with E-state index in [1.807, 2.05) is 0 Å². The Morgan fingerprint density at radius 3 is 2.38 bits per heavy atom. The molecule has 78 valence electrons. The molecule has 0 aromatic carbocycles. The van der Waals surface area contributed by atoms with E-state index in [9.17, 15) is 18.3 Å². The highest BCUT2D eigenvalue weighted by atomic mass is 19.4. The molecule has 0 aromatic heterocycles. The Hall–Kier alpha value is -0.330. The normalized spacial score (nSPS) is 31.2. The van der Waals surface area contributed by atoms with E-state index in [2.05, 4.69) is 0 Å². The smallest absolute Gasteiger partial charge is 0.393 e. The molecule has 1 aliphatic rings. The number of β-amino-alcohol motifs (C(OH)–C–C–N with tert-alkyl or cyclic N) is 1. The van der Waals surface area contributed by atoms with Gasteiger partial charge >= 0.3 is 6.18 Å². The van der Waals surface area contributed by atoms with Crippen molar-refractivity contribution in [1.29, 1.82) is 0 Å². The third kappa shape index (κ3) is 3.13. The largest absolute Gasteiger partial charge is 0.401 e. The van der Waals surface area contributed by atoms with Crippen LogP contribution in [0.4, 0.5) is 13.2 Å². The third-order valence-electron chi connectivity index (χ3n) is 2.11. The molecule has 0 saturated carbocycles. The summed E-state index contributed by atoms with van der Waals surface area (Å²) in [7, 11) is 0. The Balaban J connectivity index is 2.42. The number of halogens is 3. The monoisotopic (exact) mass is 199 g/mol. The average molecular weight is 199 g/mol. The summed E-state index contributed by atoms with van der Waals surface area (Å²) in [6, 6.07) is 0. The number of aliphatic hydroxyl groups is 2. The van der Waals surface area contributed by atoms with Gasteiger partial charge in [-0.25, -0.2) is 0 Å². The maximum atomic E-state index is 11.9. The molecule has 6 heteroatoms. The molecule has 1 saturated heterocycles. The molecule has 1 atom stereocenters. The quantitative estimate of drug-likeness (QED) is 0.656. The Bertz CT molecular complexity index is 185. The number of nitrogens with zero attached hydrogens (tertiary/aromatic N) is 1. The van der Waals surface area contributed by atoms with Gasteiger partial charge in [-0.15, -0.1) is 0 Å². The van der Waals surface area contributed by atoms with E-state index in [-0.39, 0.29) is 19.5 Å². The molecular weight excluding hydrogens is 187 g/mol. The molecule has 0 radical (unpaired) electrons. The van der Waals surface area contributed by atoms with Gasteiger partial charge in [0.2, 0.25) is 0 Å². The van der Waals surface area contributed by atoms with Crippen LogP contribution >= 0.6 is 0 Å². The second kappa shape index (κ2) is 3.43. The van der Waals surface area contributed by atoms with Crippen LogP contribution in [0.3, 0.4) is 0 Å². The minimum atomic E-state index is -4.24. The Morgan fingerprint density at radius 2 is 2.00 bits per heavy atom. The van der Waals surface area contributed by atoms with Gasteiger partial charge in [-0.2, -0.15) is 13.2 Å². The van der Waals surface area contributed by atoms with Gasteiger partial charge in [0.25, 0.3) is 0 Å². The highest BCUT2D eigenvalue weighted by Crippen LogP contribution is 2.24. The van der Waals surface area contributed by atoms with Crippen LogP contribution in [0.15, 0.2) is 0 Å². The molecule has 0 spiro atoms. The fourth-order valence-corrected chi connectivity index (χ4v) is 1.46. The first-order chi connectivity index (χ1) is 5.85. The summed E-state index contributed by atoms with van der Waals surface area (Å²) >= 11 is 0. The summed E-state index contributed by atoms with van der Waals surface area (Å²) in [4.78, 5) is 1.09. The highest BCUT2D eigenvalue weighted by molar-refractivity contribution is 4.89. The molecule has 0 bridgehead atoms. The highest BCUT2D eigenvalue weighted by Gasteiger charge is 2.40. The summed E-state index contributed by atoms with van der Waals surface area (Å²) < 4.78 is 35.6. The second-order valence-electron chi connectivity index (χ2n) is 3.46. The zero-order valence-electron chi connectivity index (χ0n) is 7.01. The van der Waals surface area contributed by atoms with Crippen molar-refractivity contribution < 1.29 is 23.4 Å². The molecule has 13 heavy (non-hydrogen) atoms. The number of rotatable bonds is 2. The second-order valence-corrected chi connectivity index (χ2v) is 3.46. The topological polar surface area (TPSA) is 43.7 Å². The SMILES string of the molecule is OCC1(O)CCN(CC(F)(F)F)C1. The average Bonchev–Trinajstić information content (AvgIpc) is 2.30. The van der Waals surface area contributed by atoms with Crippen LogP contribution in [0.1, 0.15) is 6.42 Å². The summed E-state index contributed by atoms with van der Waals surface area (Å²) in [5.41, 5.74) is -1.34. The van der Waals surface area contributed by atoms with Crippen molar-refractivity contribution in [3.63, 3.8) is 0 Å². The van der Waals surface area contributed by atoms with E-state index in [4.69, 9.17) is 5.11 Å². The lowest BCUT2D eigenvalue weighted by molar-refractivity contribution is -0.145. The molecule has 2 N–H and O–H groups in total. The summed E-state index contributed by atoms with van der Waals surface area (Å²) in [6.45, 7) is -1.43. The number of alkyl halides is 3. The summed E-state index contributed by atoms with van der Waals surface area (Å²) in [5.74, 6) is 0. The summed E-state index contributed by atoms with van der Waals surface area (Å²) in [5, 5.41) is 18.1. The van der Waals surface area contributed by atoms with E-state index < -0.39 is 24.9 Å². The predicted molar refractivity (Wildman–Crippen MR) is 39.1 cm³/mol. The number of hydrogen-bond acceptors (Lipinski definition) is 3. The molecule has 3 nitrogen and oxygen atoms in total. The van der Waals surface area contributed by atoms with Crippen LogP contribution in [0.2, 0.25) is 0 Å². The van der Waals surface area contributed by atoms with E-state index >= 15 is 0 Å². The molecule has 1 fully saturated rings. The van der Waals surface area contributed by atoms with Crippen molar-refractivity contribution >= 4 is 0 Å². The van der Waals surface area contributed by atoms with Crippen LogP contribution < -0.4 is 0 Å². The lowest BCUT2D eigenvalue weighted by Crippen LogP contribution is -2.39. The Labute approximate surface area is 73.8 Å². The molecule has 1 aliphatic heterocycles. The molecule has 1 heterocycles. The van der Waals surface area contributed by atoms with Gasteiger partial charge in [0.1, 0.15) is 5.60 Å². The third-order valence-corrected chi connectivity index (χ3v) is 2.11.